The normalized spacial score (nSPS) is 11.0. The van der Waals surface area contributed by atoms with Gasteiger partial charge in [0.2, 0.25) is 5.82 Å². The van der Waals surface area contributed by atoms with Crippen molar-refractivity contribution in [3.05, 3.63) is 64.3 Å². The fourth-order valence-electron chi connectivity index (χ4n) is 3.65. The predicted octanol–water partition coefficient (Wildman–Crippen LogP) is 5.18. The lowest BCUT2D eigenvalue weighted by Crippen LogP contribution is -2.13. The third-order valence-corrected chi connectivity index (χ3v) is 5.76. The maximum absolute atomic E-state index is 12.9. The minimum absolute atomic E-state index is 0.172. The third-order valence-electron chi connectivity index (χ3n) is 5.49. The van der Waals surface area contributed by atoms with Gasteiger partial charge in [0.1, 0.15) is 5.75 Å². The number of fused-ring (bicyclic) bond motifs is 1. The second-order valence-electron chi connectivity index (χ2n) is 8.04. The summed E-state index contributed by atoms with van der Waals surface area (Å²) in [6.07, 6.45) is 6.76. The molecule has 10 heteroatoms. The van der Waals surface area contributed by atoms with Crippen LogP contribution in [-0.2, 0) is 0 Å². The van der Waals surface area contributed by atoms with Gasteiger partial charge in [-0.15, -0.1) is 16.7 Å². The smallest absolute Gasteiger partial charge is 0.255 e. The van der Waals surface area contributed by atoms with Crippen molar-refractivity contribution in [2.45, 2.75) is 38.5 Å². The van der Waals surface area contributed by atoms with E-state index in [9.17, 15) is 9.59 Å². The van der Waals surface area contributed by atoms with Crippen LogP contribution in [0.25, 0.3) is 22.6 Å². The summed E-state index contributed by atoms with van der Waals surface area (Å²) in [5, 5.41) is 16.5. The van der Waals surface area contributed by atoms with Crippen molar-refractivity contribution in [1.29, 1.82) is 0 Å². The van der Waals surface area contributed by atoms with Gasteiger partial charge in [-0.3, -0.25) is 9.59 Å². The third kappa shape index (κ3) is 6.45. The number of tetrazole rings is 1. The molecule has 0 radical (unpaired) electrons. The second kappa shape index (κ2) is 12.1. The molecule has 2 aromatic carbocycles. The first kappa shape index (κ1) is 24.4. The Bertz CT molecular complexity index is 1310. The van der Waals surface area contributed by atoms with Crippen molar-refractivity contribution in [2.75, 3.05) is 17.8 Å². The molecule has 0 aliphatic heterocycles. The first-order valence-corrected chi connectivity index (χ1v) is 12.1. The van der Waals surface area contributed by atoms with Crippen LogP contribution in [0.1, 0.15) is 48.9 Å². The van der Waals surface area contributed by atoms with Crippen LogP contribution in [-0.4, -0.2) is 39.0 Å². The summed E-state index contributed by atoms with van der Waals surface area (Å²) < 4.78 is 11.6. The van der Waals surface area contributed by atoms with E-state index in [-0.39, 0.29) is 28.5 Å². The van der Waals surface area contributed by atoms with Gasteiger partial charge in [0.05, 0.1) is 17.7 Å². The Hall–Kier alpha value is -3.72. The number of ether oxygens (including phenoxy) is 1. The summed E-state index contributed by atoms with van der Waals surface area (Å²) in [6, 6.07) is 13.2. The van der Waals surface area contributed by atoms with Crippen LogP contribution >= 0.6 is 11.6 Å². The summed E-state index contributed by atoms with van der Waals surface area (Å²) in [6.45, 7) is 0.638. The van der Waals surface area contributed by atoms with Crippen LogP contribution in [0.3, 0.4) is 0 Å². The summed E-state index contributed by atoms with van der Waals surface area (Å²) in [5.74, 6) is 1.50. The van der Waals surface area contributed by atoms with Gasteiger partial charge in [-0.25, -0.2) is 5.10 Å². The number of alkyl halides is 1. The van der Waals surface area contributed by atoms with Gasteiger partial charge in [-0.2, -0.15) is 0 Å². The van der Waals surface area contributed by atoms with Gasteiger partial charge in [0.15, 0.2) is 16.8 Å². The van der Waals surface area contributed by atoms with Crippen LogP contribution < -0.4 is 15.5 Å². The van der Waals surface area contributed by atoms with E-state index >= 15 is 0 Å². The Labute approximate surface area is 206 Å². The molecule has 182 valence electrons. The molecule has 0 fully saturated rings. The number of aromatic amines is 1. The Morgan fingerprint density at radius 1 is 1.03 bits per heavy atom. The average Bonchev–Trinajstić information content (AvgIpc) is 3.42. The molecule has 1 amide bonds. The molecule has 0 aliphatic rings. The number of halogens is 1. The highest BCUT2D eigenvalue weighted by Gasteiger charge is 2.15. The molecule has 0 saturated carbocycles. The van der Waals surface area contributed by atoms with Gasteiger partial charge in [-0.1, -0.05) is 31.7 Å². The van der Waals surface area contributed by atoms with Crippen molar-refractivity contribution in [2.24, 2.45) is 0 Å². The van der Waals surface area contributed by atoms with Crippen LogP contribution in [0.2, 0.25) is 0 Å². The molecule has 0 atom stereocenters. The summed E-state index contributed by atoms with van der Waals surface area (Å²) in [5.41, 5.74) is 0.782. The maximum Gasteiger partial charge on any atom is 0.255 e. The standard InChI is InChI=1S/C25H26ClN5O4/c26-14-5-3-1-2-4-6-15-34-18-12-10-17(11-13-18)25(33)27-20-9-7-8-19-21(32)16-22(35-23(19)20)24-28-30-31-29-24/h7-13,16H,1-6,14-15H2,(H,27,33)(H,28,29,30,31). The lowest BCUT2D eigenvalue weighted by atomic mass is 10.1. The fourth-order valence-corrected chi connectivity index (χ4v) is 3.84. The SMILES string of the molecule is O=C(Nc1cccc2c(=O)cc(-c3nnn[nH]3)oc12)c1ccc(OCCCCCCCCCl)cc1. The number of aromatic nitrogens is 4. The molecule has 0 spiro atoms. The van der Waals surface area contributed by atoms with Gasteiger partial charge < -0.3 is 14.5 Å². The number of carbonyl (C=O) groups excluding carboxylic acids is 1. The van der Waals surface area contributed by atoms with E-state index in [0.717, 1.165) is 25.1 Å². The zero-order chi connectivity index (χ0) is 24.5. The van der Waals surface area contributed by atoms with Crippen LogP contribution in [0.5, 0.6) is 5.75 Å². The molecule has 0 bridgehead atoms. The molecule has 4 rings (SSSR count). The van der Waals surface area contributed by atoms with Crippen molar-refractivity contribution in [3.63, 3.8) is 0 Å². The average molecular weight is 496 g/mol. The number of unbranched alkanes of at least 4 members (excludes halogenated alkanes) is 5. The molecule has 2 heterocycles. The maximum atomic E-state index is 12.9. The molecule has 4 aromatic rings. The number of hydrogen-bond acceptors (Lipinski definition) is 7. The Morgan fingerprint density at radius 2 is 1.80 bits per heavy atom. The molecule has 2 N–H and O–H groups in total. The number of rotatable bonds is 12. The quantitative estimate of drug-likeness (QED) is 0.205. The molecule has 9 nitrogen and oxygen atoms in total. The number of carbonyl (C=O) groups is 1. The number of amides is 1. The molecule has 0 aliphatic carbocycles. The zero-order valence-corrected chi connectivity index (χ0v) is 19.9. The summed E-state index contributed by atoms with van der Waals surface area (Å²) >= 11 is 5.69. The molecule has 2 aromatic heterocycles. The molecule has 35 heavy (non-hydrogen) atoms. The number of nitrogens with one attached hydrogen (secondary N) is 2. The van der Waals surface area contributed by atoms with Gasteiger partial charge in [-0.05, 0) is 59.7 Å². The monoisotopic (exact) mass is 495 g/mol. The minimum atomic E-state index is -0.338. The first-order valence-electron chi connectivity index (χ1n) is 11.6. The lowest BCUT2D eigenvalue weighted by molar-refractivity contribution is 0.102. The number of hydrogen-bond donors (Lipinski definition) is 2. The zero-order valence-electron chi connectivity index (χ0n) is 19.1. The van der Waals surface area contributed by atoms with E-state index in [4.69, 9.17) is 20.8 Å². The summed E-state index contributed by atoms with van der Waals surface area (Å²) in [4.78, 5) is 25.4. The molecule has 0 saturated heterocycles. The van der Waals surface area contributed by atoms with E-state index in [2.05, 4.69) is 25.9 Å². The Balaban J connectivity index is 1.37. The van der Waals surface area contributed by atoms with Crippen molar-refractivity contribution in [1.82, 2.24) is 20.6 Å². The predicted molar refractivity (Wildman–Crippen MR) is 134 cm³/mol. The number of para-hydroxylation sites is 1. The Morgan fingerprint density at radius 3 is 2.54 bits per heavy atom. The largest absolute Gasteiger partial charge is 0.494 e. The second-order valence-corrected chi connectivity index (χ2v) is 8.42. The topological polar surface area (TPSA) is 123 Å². The number of anilines is 1. The molecular weight excluding hydrogens is 470 g/mol. The van der Waals surface area contributed by atoms with Gasteiger partial charge in [0.25, 0.3) is 5.91 Å². The van der Waals surface area contributed by atoms with Gasteiger partial charge >= 0.3 is 0 Å². The van der Waals surface area contributed by atoms with Crippen LogP contribution in [0, 0.1) is 0 Å². The van der Waals surface area contributed by atoms with E-state index in [0.29, 0.717) is 29.0 Å². The summed E-state index contributed by atoms with van der Waals surface area (Å²) in [7, 11) is 0. The number of benzene rings is 2. The fraction of sp³-hybridized carbons (Fsp3) is 0.320. The van der Waals surface area contributed by atoms with Crippen LogP contribution in [0.15, 0.2) is 57.7 Å². The Kier molecular flexibility index (Phi) is 8.45. The first-order chi connectivity index (χ1) is 17.2. The highest BCUT2D eigenvalue weighted by molar-refractivity contribution is 6.17. The number of H-pyrrole nitrogens is 1. The highest BCUT2D eigenvalue weighted by Crippen LogP contribution is 2.26. The van der Waals surface area contributed by atoms with Crippen molar-refractivity contribution >= 4 is 34.2 Å². The van der Waals surface area contributed by atoms with Crippen LogP contribution in [0.4, 0.5) is 5.69 Å². The molecule has 0 unspecified atom stereocenters. The van der Waals surface area contributed by atoms with Crippen molar-refractivity contribution < 1.29 is 13.9 Å². The lowest BCUT2D eigenvalue weighted by Gasteiger charge is -2.10. The molecular formula is C25H26ClN5O4. The minimum Gasteiger partial charge on any atom is -0.494 e. The number of nitrogens with zero attached hydrogens (tertiary/aromatic N) is 3. The van der Waals surface area contributed by atoms with E-state index < -0.39 is 0 Å². The van der Waals surface area contributed by atoms with Gasteiger partial charge in [0, 0.05) is 17.5 Å². The van der Waals surface area contributed by atoms with E-state index in [1.54, 1.807) is 42.5 Å². The van der Waals surface area contributed by atoms with E-state index in [1.165, 1.54) is 25.3 Å². The highest BCUT2D eigenvalue weighted by atomic mass is 35.5. The van der Waals surface area contributed by atoms with E-state index in [1.807, 2.05) is 0 Å². The van der Waals surface area contributed by atoms with Crippen molar-refractivity contribution in [3.8, 4) is 17.3 Å².